The van der Waals surface area contributed by atoms with Gasteiger partial charge in [-0.1, -0.05) is 18.2 Å². The van der Waals surface area contributed by atoms with Gasteiger partial charge >= 0.3 is 0 Å². The van der Waals surface area contributed by atoms with E-state index < -0.39 is 11.6 Å². The number of halogens is 2. The Labute approximate surface area is 116 Å². The molecule has 0 saturated heterocycles. The summed E-state index contributed by atoms with van der Waals surface area (Å²) in [4.78, 5) is 0. The maximum Gasteiger partial charge on any atom is 0.126 e. The summed E-state index contributed by atoms with van der Waals surface area (Å²) >= 11 is 0. The molecule has 0 amide bonds. The van der Waals surface area contributed by atoms with Gasteiger partial charge in [0.15, 0.2) is 0 Å². The number of rotatable bonds is 3. The molecule has 0 spiro atoms. The Morgan fingerprint density at radius 2 is 1.85 bits per heavy atom. The maximum atomic E-state index is 13.2. The quantitative estimate of drug-likeness (QED) is 0.935. The SMILES string of the molecule is NC(Cc1cc(F)cc(F)c1)C1Cc2ccccc2O1. The van der Waals surface area contributed by atoms with E-state index in [2.05, 4.69) is 0 Å². The van der Waals surface area contributed by atoms with Crippen LogP contribution in [0.1, 0.15) is 11.1 Å². The number of benzene rings is 2. The minimum atomic E-state index is -0.581. The highest BCUT2D eigenvalue weighted by atomic mass is 19.1. The van der Waals surface area contributed by atoms with E-state index in [1.807, 2.05) is 24.3 Å². The highest BCUT2D eigenvalue weighted by Crippen LogP contribution is 2.29. The first-order chi connectivity index (χ1) is 9.61. The average Bonchev–Trinajstić information content (AvgIpc) is 2.81. The summed E-state index contributed by atoms with van der Waals surface area (Å²) in [6.07, 6.45) is 0.960. The standard InChI is InChI=1S/C16H15F2NO/c17-12-5-10(6-13(18)9-12)7-14(19)16-8-11-3-1-2-4-15(11)20-16/h1-6,9,14,16H,7-8,19H2. The Balaban J connectivity index is 1.70. The Hall–Kier alpha value is -1.94. The molecule has 0 bridgehead atoms. The topological polar surface area (TPSA) is 35.2 Å². The first-order valence-electron chi connectivity index (χ1n) is 6.57. The van der Waals surface area contributed by atoms with E-state index in [0.717, 1.165) is 23.8 Å². The van der Waals surface area contributed by atoms with Crippen LogP contribution in [0.2, 0.25) is 0 Å². The second-order valence-electron chi connectivity index (χ2n) is 5.11. The summed E-state index contributed by atoms with van der Waals surface area (Å²) in [6, 6.07) is 11.0. The predicted molar refractivity (Wildman–Crippen MR) is 72.6 cm³/mol. The molecule has 2 N–H and O–H groups in total. The summed E-state index contributed by atoms with van der Waals surface area (Å²) in [6.45, 7) is 0. The molecule has 1 heterocycles. The van der Waals surface area contributed by atoms with Gasteiger partial charge in [0.05, 0.1) is 0 Å². The lowest BCUT2D eigenvalue weighted by Crippen LogP contribution is -2.39. The van der Waals surface area contributed by atoms with Crippen LogP contribution in [0.3, 0.4) is 0 Å². The minimum Gasteiger partial charge on any atom is -0.488 e. The largest absolute Gasteiger partial charge is 0.488 e. The second kappa shape index (κ2) is 5.21. The summed E-state index contributed by atoms with van der Waals surface area (Å²) < 4.78 is 32.1. The molecule has 1 aliphatic rings. The summed E-state index contributed by atoms with van der Waals surface area (Å²) in [7, 11) is 0. The normalized spacial score (nSPS) is 18.4. The third-order valence-electron chi connectivity index (χ3n) is 3.54. The van der Waals surface area contributed by atoms with Crippen molar-refractivity contribution in [2.24, 2.45) is 5.73 Å². The molecule has 2 nitrogen and oxygen atoms in total. The number of hydrogen-bond acceptors (Lipinski definition) is 2. The van der Waals surface area contributed by atoms with Gasteiger partial charge in [-0.2, -0.15) is 0 Å². The molecule has 0 radical (unpaired) electrons. The third-order valence-corrected chi connectivity index (χ3v) is 3.54. The Morgan fingerprint density at radius 1 is 1.15 bits per heavy atom. The van der Waals surface area contributed by atoms with Crippen LogP contribution in [0.5, 0.6) is 5.75 Å². The smallest absolute Gasteiger partial charge is 0.126 e. The van der Waals surface area contributed by atoms with Gasteiger partial charge < -0.3 is 10.5 Å². The molecule has 2 aromatic rings. The predicted octanol–water partition coefficient (Wildman–Crippen LogP) is 2.84. The van der Waals surface area contributed by atoms with Gasteiger partial charge in [-0.15, -0.1) is 0 Å². The number of fused-ring (bicyclic) bond motifs is 1. The molecule has 0 aromatic heterocycles. The summed E-state index contributed by atoms with van der Waals surface area (Å²) in [5.74, 6) is -0.316. The first kappa shape index (κ1) is 13.1. The maximum absolute atomic E-state index is 13.2. The Bertz CT molecular complexity index is 584. The molecule has 3 rings (SSSR count). The molecule has 2 unspecified atom stereocenters. The third kappa shape index (κ3) is 2.65. The summed E-state index contributed by atoms with van der Waals surface area (Å²) in [5.41, 5.74) is 7.79. The number of hydrogen-bond donors (Lipinski definition) is 1. The molecule has 104 valence electrons. The van der Waals surface area contributed by atoms with Crippen LogP contribution in [0, 0.1) is 11.6 Å². The van der Waals surface area contributed by atoms with Gasteiger partial charge in [-0.25, -0.2) is 8.78 Å². The van der Waals surface area contributed by atoms with Crippen molar-refractivity contribution < 1.29 is 13.5 Å². The van der Waals surface area contributed by atoms with Crippen molar-refractivity contribution >= 4 is 0 Å². The van der Waals surface area contributed by atoms with Gasteiger partial charge in [0.25, 0.3) is 0 Å². The van der Waals surface area contributed by atoms with E-state index in [1.165, 1.54) is 12.1 Å². The van der Waals surface area contributed by atoms with Crippen molar-refractivity contribution in [1.29, 1.82) is 0 Å². The molecular formula is C16H15F2NO. The van der Waals surface area contributed by atoms with Crippen molar-refractivity contribution in [1.82, 2.24) is 0 Å². The van der Waals surface area contributed by atoms with Crippen LogP contribution in [-0.4, -0.2) is 12.1 Å². The highest BCUT2D eigenvalue weighted by Gasteiger charge is 2.28. The van der Waals surface area contributed by atoms with E-state index in [9.17, 15) is 8.78 Å². The molecule has 20 heavy (non-hydrogen) atoms. The van der Waals surface area contributed by atoms with E-state index >= 15 is 0 Å². The number of nitrogens with two attached hydrogens (primary N) is 1. The van der Waals surface area contributed by atoms with Crippen LogP contribution < -0.4 is 10.5 Å². The van der Waals surface area contributed by atoms with Crippen LogP contribution in [0.15, 0.2) is 42.5 Å². The summed E-state index contributed by atoms with van der Waals surface area (Å²) in [5, 5.41) is 0. The number of para-hydroxylation sites is 1. The van der Waals surface area contributed by atoms with E-state index in [1.54, 1.807) is 0 Å². The van der Waals surface area contributed by atoms with Gasteiger partial charge in [0.2, 0.25) is 0 Å². The van der Waals surface area contributed by atoms with Gasteiger partial charge in [0.1, 0.15) is 23.5 Å². The molecule has 0 aliphatic carbocycles. The van der Waals surface area contributed by atoms with Crippen LogP contribution in [-0.2, 0) is 12.8 Å². The molecular weight excluding hydrogens is 260 g/mol. The van der Waals surface area contributed by atoms with Crippen molar-refractivity contribution in [3.05, 3.63) is 65.2 Å². The minimum absolute atomic E-state index is 0.154. The zero-order valence-corrected chi connectivity index (χ0v) is 10.9. The number of ether oxygens (including phenoxy) is 1. The van der Waals surface area contributed by atoms with Crippen LogP contribution >= 0.6 is 0 Å². The van der Waals surface area contributed by atoms with Crippen LogP contribution in [0.4, 0.5) is 8.78 Å². The van der Waals surface area contributed by atoms with E-state index in [-0.39, 0.29) is 12.1 Å². The Kier molecular flexibility index (Phi) is 3.40. The lowest BCUT2D eigenvalue weighted by atomic mass is 9.98. The zero-order chi connectivity index (χ0) is 14.1. The molecule has 0 saturated carbocycles. The van der Waals surface area contributed by atoms with Gasteiger partial charge in [-0.3, -0.25) is 0 Å². The van der Waals surface area contributed by atoms with Crippen molar-refractivity contribution in [3.8, 4) is 5.75 Å². The highest BCUT2D eigenvalue weighted by molar-refractivity contribution is 5.37. The van der Waals surface area contributed by atoms with Gasteiger partial charge in [-0.05, 0) is 35.7 Å². The molecule has 2 aromatic carbocycles. The molecule has 0 fully saturated rings. The molecule has 1 aliphatic heterocycles. The lowest BCUT2D eigenvalue weighted by Gasteiger charge is -2.19. The lowest BCUT2D eigenvalue weighted by molar-refractivity contribution is 0.198. The fourth-order valence-corrected chi connectivity index (χ4v) is 2.58. The fraction of sp³-hybridized carbons (Fsp3) is 0.250. The first-order valence-corrected chi connectivity index (χ1v) is 6.57. The van der Waals surface area contributed by atoms with E-state index in [0.29, 0.717) is 12.0 Å². The molecule has 4 heteroatoms. The van der Waals surface area contributed by atoms with E-state index in [4.69, 9.17) is 10.5 Å². The van der Waals surface area contributed by atoms with Gasteiger partial charge in [0, 0.05) is 18.5 Å². The van der Waals surface area contributed by atoms with Crippen LogP contribution in [0.25, 0.3) is 0 Å². The fourth-order valence-electron chi connectivity index (χ4n) is 2.58. The second-order valence-corrected chi connectivity index (χ2v) is 5.11. The van der Waals surface area contributed by atoms with Crippen molar-refractivity contribution in [2.75, 3.05) is 0 Å². The zero-order valence-electron chi connectivity index (χ0n) is 10.9. The van der Waals surface area contributed by atoms with Crippen molar-refractivity contribution in [3.63, 3.8) is 0 Å². The average molecular weight is 275 g/mol. The molecule has 2 atom stereocenters. The Morgan fingerprint density at radius 3 is 2.55 bits per heavy atom. The van der Waals surface area contributed by atoms with Crippen molar-refractivity contribution in [2.45, 2.75) is 25.0 Å². The monoisotopic (exact) mass is 275 g/mol.